The van der Waals surface area contributed by atoms with Gasteiger partial charge in [0, 0.05) is 36.9 Å². The molecule has 0 aromatic heterocycles. The van der Waals surface area contributed by atoms with Crippen LogP contribution in [0.5, 0.6) is 0 Å². The summed E-state index contributed by atoms with van der Waals surface area (Å²) in [6, 6.07) is -0.935. The molecule has 2 saturated heterocycles. The molecule has 0 aromatic carbocycles. The van der Waals surface area contributed by atoms with Crippen LogP contribution in [0.4, 0.5) is 0 Å². The second-order valence-corrected chi connectivity index (χ2v) is 25.6. The van der Waals surface area contributed by atoms with E-state index in [1.807, 2.05) is 51.6 Å². The molecule has 3 aliphatic carbocycles. The molecular formula is C60H98N2O15. The van der Waals surface area contributed by atoms with Crippen molar-refractivity contribution in [1.29, 1.82) is 0 Å². The van der Waals surface area contributed by atoms with Gasteiger partial charge >= 0.3 is 29.8 Å². The van der Waals surface area contributed by atoms with Gasteiger partial charge in [-0.3, -0.25) is 28.8 Å². The van der Waals surface area contributed by atoms with E-state index in [-0.39, 0.29) is 85.7 Å². The number of nitrogens with zero attached hydrogens (tertiary/aromatic N) is 2. The zero-order valence-electron chi connectivity index (χ0n) is 49.5. The van der Waals surface area contributed by atoms with Gasteiger partial charge in [0.1, 0.15) is 48.1 Å². The second kappa shape index (κ2) is 26.7. The van der Waals surface area contributed by atoms with Gasteiger partial charge < -0.3 is 53.5 Å². The summed E-state index contributed by atoms with van der Waals surface area (Å²) in [5.41, 5.74) is -2.95. The molecule has 2 aliphatic heterocycles. The number of fused-ring (bicyclic) bond motifs is 1. The lowest BCUT2D eigenvalue weighted by atomic mass is 9.65. The summed E-state index contributed by atoms with van der Waals surface area (Å²) in [4.78, 5) is 85.7. The van der Waals surface area contributed by atoms with Gasteiger partial charge in [-0.05, 0) is 149 Å². The van der Waals surface area contributed by atoms with E-state index >= 15 is 0 Å². The average molecular weight is 1090 g/mol. The van der Waals surface area contributed by atoms with Gasteiger partial charge in [-0.2, -0.15) is 0 Å². The first kappa shape index (κ1) is 64.1. The topological polar surface area (TPSA) is 225 Å². The van der Waals surface area contributed by atoms with Crippen LogP contribution in [-0.2, 0) is 57.2 Å². The third-order valence-electron chi connectivity index (χ3n) is 18.1. The summed E-state index contributed by atoms with van der Waals surface area (Å²) in [5, 5.41) is 35.6. The summed E-state index contributed by atoms with van der Waals surface area (Å²) in [7, 11) is 5.55. The van der Waals surface area contributed by atoms with Gasteiger partial charge in [-0.15, -0.1) is 0 Å². The molecule has 1 saturated carbocycles. The molecule has 1 unspecified atom stereocenters. The molecule has 0 radical (unpaired) electrons. The normalized spacial score (nSPS) is 40.0. The minimum Gasteiger partial charge on any atom is -0.462 e. The van der Waals surface area contributed by atoms with Gasteiger partial charge in [0.15, 0.2) is 5.78 Å². The van der Waals surface area contributed by atoms with E-state index in [1.54, 1.807) is 34.7 Å². The lowest BCUT2D eigenvalue weighted by molar-refractivity contribution is -0.208. The number of aliphatic hydroxyl groups excluding tert-OH is 1. The fourth-order valence-corrected chi connectivity index (χ4v) is 13.0. The van der Waals surface area contributed by atoms with Crippen molar-refractivity contribution in [2.75, 3.05) is 27.7 Å². The summed E-state index contributed by atoms with van der Waals surface area (Å²) >= 11 is 0. The highest BCUT2D eigenvalue weighted by atomic mass is 16.6. The molecule has 0 spiro atoms. The molecule has 0 amide bonds. The van der Waals surface area contributed by atoms with Crippen molar-refractivity contribution in [2.24, 2.45) is 52.8 Å². The molecule has 17 heteroatoms. The van der Waals surface area contributed by atoms with E-state index in [1.165, 1.54) is 19.4 Å². The smallest absolute Gasteiger partial charge is 0.316 e. The molecular weight excluding hydrogens is 989 g/mol. The van der Waals surface area contributed by atoms with Gasteiger partial charge in [0.2, 0.25) is 0 Å². The Kier molecular flexibility index (Phi) is 22.2. The van der Waals surface area contributed by atoms with E-state index in [0.717, 1.165) is 6.42 Å². The lowest BCUT2D eigenvalue weighted by Crippen LogP contribution is -2.59. The van der Waals surface area contributed by atoms with Crippen molar-refractivity contribution in [3.8, 4) is 0 Å². The standard InChI is InChI=1S/C60H98N2O15/c1-17-47-60(13,71)54(67)39(9)62(16)32-35(5)31-59(12,70)55(37(7)52(66)38(8)56(68)76-47)74-46-28-34(4)26-44(61(14)15)53(46)77-49(64)24-23-48(63)73-42-29-41(72-50(65)30-42)21-22-43-36(6)19-20-40-25-33(3)27-45(51(40)43)75-57(69)58(10,11)18-2/h19-20,25,33-39,41-47,51,53-55,67,70-71H,17-18,21-24,26-32H2,1-16H3/t33-,34+,35+,36-,37-,38+,39+,41+,42+,43-,44?,45-,46+,47+,51-,53+,54+,55+,59+,60+/m0/s1. The van der Waals surface area contributed by atoms with E-state index in [2.05, 4.69) is 39.0 Å². The molecule has 5 rings (SSSR count). The number of Topliss-reactive ketones (excluding diaryl/α,β-unsaturated/α-hetero) is 1. The molecule has 3 N–H and O–H groups in total. The van der Waals surface area contributed by atoms with Crippen LogP contribution >= 0.6 is 0 Å². The number of ketones is 1. The molecule has 0 bridgehead atoms. The lowest BCUT2D eigenvalue weighted by Gasteiger charge is -2.47. The fraction of sp³-hybridized carbons (Fsp3) is 0.833. The molecule has 0 aromatic rings. The number of carbonyl (C=O) groups excluding carboxylic acids is 6. The quantitative estimate of drug-likeness (QED) is 0.0829. The first-order valence-corrected chi connectivity index (χ1v) is 28.9. The van der Waals surface area contributed by atoms with Crippen LogP contribution in [0.15, 0.2) is 23.8 Å². The maximum Gasteiger partial charge on any atom is 0.316 e. The number of hydrogen-bond donors (Lipinski definition) is 3. The largest absolute Gasteiger partial charge is 0.462 e. The Morgan fingerprint density at radius 1 is 0.857 bits per heavy atom. The number of esters is 5. The Morgan fingerprint density at radius 2 is 1.51 bits per heavy atom. The summed E-state index contributed by atoms with van der Waals surface area (Å²) < 4.78 is 37.0. The minimum atomic E-state index is -1.85. The van der Waals surface area contributed by atoms with Gasteiger partial charge in [0.25, 0.3) is 0 Å². The molecule has 3 fully saturated rings. The van der Waals surface area contributed by atoms with E-state index in [0.29, 0.717) is 45.1 Å². The van der Waals surface area contributed by atoms with Crippen molar-refractivity contribution in [3.05, 3.63) is 23.8 Å². The highest BCUT2D eigenvalue weighted by Gasteiger charge is 2.51. The zero-order chi connectivity index (χ0) is 57.6. The minimum absolute atomic E-state index is 0.00281. The van der Waals surface area contributed by atoms with Crippen molar-refractivity contribution >= 4 is 35.6 Å². The Hall–Kier alpha value is -3.74. The van der Waals surface area contributed by atoms with Crippen molar-refractivity contribution in [2.45, 2.75) is 239 Å². The third-order valence-corrected chi connectivity index (χ3v) is 18.1. The third kappa shape index (κ3) is 16.0. The van der Waals surface area contributed by atoms with Crippen molar-refractivity contribution in [1.82, 2.24) is 9.80 Å². The highest BCUT2D eigenvalue weighted by molar-refractivity contribution is 6.00. The molecule has 17 nitrogen and oxygen atoms in total. The highest BCUT2D eigenvalue weighted by Crippen LogP contribution is 2.46. The Bertz CT molecular complexity index is 2120. The number of allylic oxidation sites excluding steroid dienone is 3. The van der Waals surface area contributed by atoms with E-state index in [4.69, 9.17) is 28.4 Å². The molecule has 2 heterocycles. The van der Waals surface area contributed by atoms with Gasteiger partial charge in [-0.1, -0.05) is 66.7 Å². The number of hydrogen-bond acceptors (Lipinski definition) is 17. The SMILES string of the molecule is CC[C@H]1OC(=O)[C@H](C)C(=O)[C@H](C)[C@@H](O[C@@H]2C[C@H](C)CC(N(C)C)[C@H]2OC(=O)CCC(=O)O[C@H]2CC(=O)O[C@H](CC[C@@H]3[C@@H]4C(=C[C@H](C)C[C@@H]4OC(=O)C(C)(C)CC)C=C[C@@H]3C)C2)[C@](C)(O)C[C@@H](C)CN(C)[C@H](C)[C@@H](O)[C@]1(C)O. The van der Waals surface area contributed by atoms with Crippen LogP contribution < -0.4 is 0 Å². The predicted octanol–water partition coefficient (Wildman–Crippen LogP) is 7.33. The van der Waals surface area contributed by atoms with Crippen LogP contribution in [0.2, 0.25) is 0 Å². The van der Waals surface area contributed by atoms with Gasteiger partial charge in [0.05, 0.1) is 42.5 Å². The Labute approximate surface area is 459 Å². The number of cyclic esters (lactones) is 2. The second-order valence-electron chi connectivity index (χ2n) is 25.6. The van der Waals surface area contributed by atoms with Crippen molar-refractivity contribution in [3.63, 3.8) is 0 Å². The summed E-state index contributed by atoms with van der Waals surface area (Å²) in [6.45, 7) is 24.1. The monoisotopic (exact) mass is 1090 g/mol. The van der Waals surface area contributed by atoms with E-state index < -0.39 is 107 Å². The maximum atomic E-state index is 14.4. The predicted molar refractivity (Wildman–Crippen MR) is 290 cm³/mol. The van der Waals surface area contributed by atoms with Crippen molar-refractivity contribution < 1.29 is 72.5 Å². The first-order chi connectivity index (χ1) is 35.8. The number of carbonyl (C=O) groups is 6. The van der Waals surface area contributed by atoms with Crippen LogP contribution in [0, 0.1) is 52.8 Å². The van der Waals surface area contributed by atoms with Crippen LogP contribution in [0.3, 0.4) is 0 Å². The van der Waals surface area contributed by atoms with Crippen LogP contribution in [0.25, 0.3) is 0 Å². The number of likely N-dealkylation sites (N-methyl/N-ethyl adjacent to an activating group) is 2. The van der Waals surface area contributed by atoms with Crippen LogP contribution in [0.1, 0.15) is 167 Å². The van der Waals surface area contributed by atoms with Crippen LogP contribution in [-0.4, -0.2) is 161 Å². The summed E-state index contributed by atoms with van der Waals surface area (Å²) in [5.74, 6) is -5.39. The number of aliphatic hydroxyl groups is 3. The molecule has 77 heavy (non-hydrogen) atoms. The average Bonchev–Trinajstić information content (AvgIpc) is 3.34. The van der Waals surface area contributed by atoms with Gasteiger partial charge in [-0.25, -0.2) is 0 Å². The number of ether oxygens (including phenoxy) is 6. The first-order valence-electron chi connectivity index (χ1n) is 28.9. The van der Waals surface area contributed by atoms with E-state index in [9.17, 15) is 44.1 Å². The summed E-state index contributed by atoms with van der Waals surface area (Å²) in [6.07, 6.45) is 3.34. The Balaban J connectivity index is 1.27. The maximum absolute atomic E-state index is 14.4. The molecule has 438 valence electrons. The number of rotatable bonds is 15. The molecule has 5 aliphatic rings. The molecule has 20 atom stereocenters. The Morgan fingerprint density at radius 3 is 2.13 bits per heavy atom. The fourth-order valence-electron chi connectivity index (χ4n) is 13.0. The zero-order valence-corrected chi connectivity index (χ0v) is 49.5.